The van der Waals surface area contributed by atoms with E-state index in [1.807, 2.05) is 18.2 Å². The molecule has 0 unspecified atom stereocenters. The standard InChI is InChI=1S/C26H32N4O4S2/c1-4-29(5-2)36(33,34)23-16-19(15-14-18(23)3)27-24(31)17-35-26-28-22-13-9-8-12-21(22)25(32)30(26)20-10-6-7-11-20/h8-9,12-16,20H,4-7,10-11,17H2,1-3H3,(H,27,31). The largest absolute Gasteiger partial charge is 0.325 e. The lowest BCUT2D eigenvalue weighted by Gasteiger charge is -2.20. The molecule has 1 fully saturated rings. The second kappa shape index (κ2) is 11.1. The highest BCUT2D eigenvalue weighted by molar-refractivity contribution is 7.99. The van der Waals surface area contributed by atoms with Crippen molar-refractivity contribution in [3.63, 3.8) is 0 Å². The molecule has 8 nitrogen and oxygen atoms in total. The monoisotopic (exact) mass is 528 g/mol. The molecule has 0 atom stereocenters. The van der Waals surface area contributed by atoms with Crippen LogP contribution in [0.15, 0.2) is 57.3 Å². The first kappa shape index (κ1) is 26.4. The van der Waals surface area contributed by atoms with Crippen molar-refractivity contribution in [2.24, 2.45) is 0 Å². The van der Waals surface area contributed by atoms with Gasteiger partial charge in [0.25, 0.3) is 5.56 Å². The topological polar surface area (TPSA) is 101 Å². The fourth-order valence-corrected chi connectivity index (χ4v) is 7.27. The average Bonchev–Trinajstić information content (AvgIpc) is 3.39. The van der Waals surface area contributed by atoms with Gasteiger partial charge in [0.05, 0.1) is 21.6 Å². The summed E-state index contributed by atoms with van der Waals surface area (Å²) in [6.45, 7) is 6.07. The Bertz CT molecular complexity index is 1430. The molecule has 0 bridgehead atoms. The lowest BCUT2D eigenvalue weighted by atomic mass is 10.2. The van der Waals surface area contributed by atoms with E-state index < -0.39 is 10.0 Å². The average molecular weight is 529 g/mol. The van der Waals surface area contributed by atoms with Gasteiger partial charge in [0.1, 0.15) is 0 Å². The molecule has 10 heteroatoms. The summed E-state index contributed by atoms with van der Waals surface area (Å²) in [5.41, 5.74) is 1.58. The molecule has 1 heterocycles. The Morgan fingerprint density at radius 2 is 1.83 bits per heavy atom. The number of carbonyl (C=O) groups is 1. The minimum absolute atomic E-state index is 0.0451. The highest BCUT2D eigenvalue weighted by atomic mass is 32.2. The first-order valence-corrected chi connectivity index (χ1v) is 14.7. The zero-order chi connectivity index (χ0) is 25.9. The molecule has 4 rings (SSSR count). The number of hydrogen-bond acceptors (Lipinski definition) is 6. The highest BCUT2D eigenvalue weighted by Gasteiger charge is 2.25. The van der Waals surface area contributed by atoms with Crippen molar-refractivity contribution in [1.29, 1.82) is 0 Å². The summed E-state index contributed by atoms with van der Waals surface area (Å²) in [6, 6.07) is 12.3. The minimum atomic E-state index is -3.66. The van der Waals surface area contributed by atoms with E-state index in [0.29, 0.717) is 40.4 Å². The number of nitrogens with zero attached hydrogens (tertiary/aromatic N) is 3. The molecule has 1 saturated carbocycles. The van der Waals surface area contributed by atoms with Crippen LogP contribution in [-0.4, -0.2) is 47.0 Å². The quantitative estimate of drug-likeness (QED) is 0.322. The summed E-state index contributed by atoms with van der Waals surface area (Å²) in [7, 11) is -3.66. The summed E-state index contributed by atoms with van der Waals surface area (Å²) >= 11 is 1.23. The number of hydrogen-bond donors (Lipinski definition) is 1. The number of carbonyl (C=O) groups excluding carboxylic acids is 1. The van der Waals surface area contributed by atoms with Crippen LogP contribution in [-0.2, 0) is 14.8 Å². The second-order valence-corrected chi connectivity index (χ2v) is 11.8. The Balaban J connectivity index is 1.55. The smallest absolute Gasteiger partial charge is 0.262 e. The third-order valence-electron chi connectivity index (χ3n) is 6.59. The fourth-order valence-electron chi connectivity index (χ4n) is 4.70. The van der Waals surface area contributed by atoms with Crippen molar-refractivity contribution in [1.82, 2.24) is 13.9 Å². The number of para-hydroxylation sites is 1. The van der Waals surface area contributed by atoms with Crippen LogP contribution < -0.4 is 10.9 Å². The third-order valence-corrected chi connectivity index (χ3v) is 9.74. The van der Waals surface area contributed by atoms with Gasteiger partial charge in [-0.3, -0.25) is 14.2 Å². The van der Waals surface area contributed by atoms with Gasteiger partial charge in [-0.25, -0.2) is 13.4 Å². The van der Waals surface area contributed by atoms with E-state index in [1.54, 1.807) is 43.5 Å². The van der Waals surface area contributed by atoms with Crippen molar-refractivity contribution in [2.45, 2.75) is 62.5 Å². The predicted octanol–water partition coefficient (Wildman–Crippen LogP) is 4.58. The SMILES string of the molecule is CCN(CC)S(=O)(=O)c1cc(NC(=O)CSc2nc3ccccc3c(=O)n2C2CCCC2)ccc1C. The lowest BCUT2D eigenvalue weighted by Crippen LogP contribution is -2.31. The summed E-state index contributed by atoms with van der Waals surface area (Å²) in [5.74, 6) is -0.251. The molecular weight excluding hydrogens is 496 g/mol. The number of fused-ring (bicyclic) bond motifs is 1. The van der Waals surface area contributed by atoms with Gasteiger partial charge >= 0.3 is 0 Å². The number of anilines is 1. The van der Waals surface area contributed by atoms with Crippen molar-refractivity contribution in [3.05, 3.63) is 58.4 Å². The van der Waals surface area contributed by atoms with Crippen molar-refractivity contribution >= 4 is 44.3 Å². The van der Waals surface area contributed by atoms with Gasteiger partial charge in [-0.05, 0) is 49.6 Å². The molecule has 1 N–H and O–H groups in total. The summed E-state index contributed by atoms with van der Waals surface area (Å²) in [6.07, 6.45) is 3.99. The number of nitrogens with one attached hydrogen (secondary N) is 1. The van der Waals surface area contributed by atoms with Crippen LogP contribution in [0, 0.1) is 6.92 Å². The van der Waals surface area contributed by atoms with Crippen molar-refractivity contribution in [3.8, 4) is 0 Å². The summed E-state index contributed by atoms with van der Waals surface area (Å²) < 4.78 is 29.2. The molecule has 0 spiro atoms. The zero-order valence-electron chi connectivity index (χ0n) is 20.9. The molecule has 1 aliphatic rings. The van der Waals surface area contributed by atoms with Gasteiger partial charge in [0.2, 0.25) is 15.9 Å². The number of amides is 1. The number of rotatable bonds is 9. The van der Waals surface area contributed by atoms with Crippen LogP contribution in [0.5, 0.6) is 0 Å². The molecule has 0 aliphatic heterocycles. The Kier molecular flexibility index (Phi) is 8.17. The molecule has 1 aromatic heterocycles. The molecule has 2 aromatic carbocycles. The van der Waals surface area contributed by atoms with Crippen molar-refractivity contribution in [2.75, 3.05) is 24.2 Å². The van der Waals surface area contributed by atoms with Gasteiger partial charge in [-0.2, -0.15) is 4.31 Å². The van der Waals surface area contributed by atoms with E-state index in [4.69, 9.17) is 4.98 Å². The van der Waals surface area contributed by atoms with Gasteiger partial charge in [0, 0.05) is 24.8 Å². The first-order chi connectivity index (χ1) is 17.3. The highest BCUT2D eigenvalue weighted by Crippen LogP contribution is 2.32. The van der Waals surface area contributed by atoms with Crippen molar-refractivity contribution < 1.29 is 13.2 Å². The van der Waals surface area contributed by atoms with Gasteiger partial charge in [0.15, 0.2) is 5.16 Å². The molecule has 192 valence electrons. The van der Waals surface area contributed by atoms with Gasteiger partial charge < -0.3 is 5.32 Å². The van der Waals surface area contributed by atoms with E-state index in [2.05, 4.69) is 5.32 Å². The molecule has 0 radical (unpaired) electrons. The normalized spacial score (nSPS) is 14.6. The van der Waals surface area contributed by atoms with Gasteiger partial charge in [-0.1, -0.05) is 56.7 Å². The first-order valence-electron chi connectivity index (χ1n) is 12.3. The lowest BCUT2D eigenvalue weighted by molar-refractivity contribution is -0.113. The summed E-state index contributed by atoms with van der Waals surface area (Å²) in [5, 5.41) is 3.93. The van der Waals surface area contributed by atoms with Crippen LogP contribution in [0.3, 0.4) is 0 Å². The maximum atomic E-state index is 13.3. The number of aryl methyl sites for hydroxylation is 1. The molecule has 3 aromatic rings. The zero-order valence-corrected chi connectivity index (χ0v) is 22.5. The van der Waals surface area contributed by atoms with Crippen LogP contribution >= 0.6 is 11.8 Å². The molecule has 36 heavy (non-hydrogen) atoms. The number of sulfonamides is 1. The second-order valence-electron chi connectivity index (χ2n) is 8.93. The minimum Gasteiger partial charge on any atom is -0.325 e. The number of benzene rings is 2. The van der Waals surface area contributed by atoms with E-state index in [0.717, 1.165) is 25.7 Å². The Labute approximate surface area is 216 Å². The van der Waals surface area contributed by atoms with Gasteiger partial charge in [-0.15, -0.1) is 0 Å². The van der Waals surface area contributed by atoms with E-state index in [-0.39, 0.29) is 28.2 Å². The van der Waals surface area contributed by atoms with E-state index in [9.17, 15) is 18.0 Å². The predicted molar refractivity (Wildman–Crippen MR) is 144 cm³/mol. The Morgan fingerprint density at radius 3 is 2.53 bits per heavy atom. The maximum absolute atomic E-state index is 13.3. The number of aromatic nitrogens is 2. The van der Waals surface area contributed by atoms with Crippen LogP contribution in [0.2, 0.25) is 0 Å². The van der Waals surface area contributed by atoms with Crippen LogP contribution in [0.4, 0.5) is 5.69 Å². The van der Waals surface area contributed by atoms with E-state index >= 15 is 0 Å². The molecule has 1 aliphatic carbocycles. The number of thioether (sulfide) groups is 1. The summed E-state index contributed by atoms with van der Waals surface area (Å²) in [4.78, 5) is 31.0. The third kappa shape index (κ3) is 5.35. The fraction of sp³-hybridized carbons (Fsp3) is 0.423. The maximum Gasteiger partial charge on any atom is 0.262 e. The Hall–Kier alpha value is -2.69. The van der Waals surface area contributed by atoms with Crippen LogP contribution in [0.1, 0.15) is 51.1 Å². The van der Waals surface area contributed by atoms with E-state index in [1.165, 1.54) is 22.1 Å². The Morgan fingerprint density at radius 1 is 1.14 bits per heavy atom. The molecule has 1 amide bonds. The van der Waals surface area contributed by atoms with Crippen LogP contribution in [0.25, 0.3) is 10.9 Å². The molecular formula is C26H32N4O4S2. The molecule has 0 saturated heterocycles.